The molecule has 1 saturated heterocycles. The van der Waals surface area contributed by atoms with Crippen LogP contribution in [0.2, 0.25) is 5.02 Å². The van der Waals surface area contributed by atoms with Crippen molar-refractivity contribution < 1.29 is 0 Å². The van der Waals surface area contributed by atoms with Crippen molar-refractivity contribution in [2.75, 3.05) is 24.5 Å². The second-order valence-corrected chi connectivity index (χ2v) is 5.19. The van der Waals surface area contributed by atoms with Gasteiger partial charge in [0, 0.05) is 29.8 Å². The molecule has 1 aliphatic heterocycles. The van der Waals surface area contributed by atoms with E-state index < -0.39 is 0 Å². The molecule has 0 bridgehead atoms. The molecular formula is C14H21ClN2. The van der Waals surface area contributed by atoms with Crippen LogP contribution >= 0.6 is 11.6 Å². The van der Waals surface area contributed by atoms with Gasteiger partial charge < -0.3 is 10.2 Å². The van der Waals surface area contributed by atoms with E-state index in [0.717, 1.165) is 24.7 Å². The quantitative estimate of drug-likeness (QED) is 0.889. The predicted octanol–water partition coefficient (Wildman–Crippen LogP) is 3.23. The Morgan fingerprint density at radius 3 is 2.65 bits per heavy atom. The van der Waals surface area contributed by atoms with Crippen LogP contribution in [-0.2, 0) is 0 Å². The summed E-state index contributed by atoms with van der Waals surface area (Å²) in [7, 11) is 0. The molecule has 0 radical (unpaired) electrons. The summed E-state index contributed by atoms with van der Waals surface area (Å²) >= 11 is 5.99. The minimum absolute atomic E-state index is 0.698. The monoisotopic (exact) mass is 252 g/mol. The van der Waals surface area contributed by atoms with Crippen LogP contribution in [0.5, 0.6) is 0 Å². The molecule has 94 valence electrons. The van der Waals surface area contributed by atoms with Crippen LogP contribution < -0.4 is 10.2 Å². The predicted molar refractivity (Wildman–Crippen MR) is 75.1 cm³/mol. The first-order chi connectivity index (χ1) is 8.20. The Bertz CT molecular complexity index is 370. The highest BCUT2D eigenvalue weighted by molar-refractivity contribution is 6.30. The van der Waals surface area contributed by atoms with Crippen molar-refractivity contribution in [1.82, 2.24) is 5.32 Å². The third kappa shape index (κ3) is 3.14. The topological polar surface area (TPSA) is 15.3 Å². The number of aryl methyl sites for hydroxylation is 1. The van der Waals surface area contributed by atoms with Gasteiger partial charge in [-0.3, -0.25) is 0 Å². The van der Waals surface area contributed by atoms with E-state index in [9.17, 15) is 0 Å². The summed E-state index contributed by atoms with van der Waals surface area (Å²) in [5.74, 6) is 0. The number of hydrogen-bond acceptors (Lipinski definition) is 2. The summed E-state index contributed by atoms with van der Waals surface area (Å²) in [6.45, 7) is 7.66. The van der Waals surface area contributed by atoms with Crippen molar-refractivity contribution in [1.29, 1.82) is 0 Å². The average molecular weight is 253 g/mol. The molecule has 1 aliphatic rings. The Balaban J connectivity index is 2.00. The van der Waals surface area contributed by atoms with Crippen LogP contribution in [-0.4, -0.2) is 25.7 Å². The van der Waals surface area contributed by atoms with Crippen LogP contribution in [0.1, 0.15) is 25.3 Å². The number of piperidine rings is 1. The van der Waals surface area contributed by atoms with Gasteiger partial charge in [-0.25, -0.2) is 0 Å². The van der Waals surface area contributed by atoms with E-state index in [2.05, 4.69) is 30.1 Å². The lowest BCUT2D eigenvalue weighted by Crippen LogP contribution is -2.42. The van der Waals surface area contributed by atoms with Gasteiger partial charge in [0.15, 0.2) is 0 Å². The number of benzene rings is 1. The van der Waals surface area contributed by atoms with Crippen LogP contribution in [0.4, 0.5) is 5.69 Å². The van der Waals surface area contributed by atoms with Crippen molar-refractivity contribution in [3.05, 3.63) is 28.8 Å². The maximum absolute atomic E-state index is 5.99. The number of rotatable bonds is 3. The molecular weight excluding hydrogens is 232 g/mol. The zero-order chi connectivity index (χ0) is 12.3. The Hall–Kier alpha value is -0.730. The number of nitrogens with zero attached hydrogens (tertiary/aromatic N) is 1. The Morgan fingerprint density at radius 2 is 2.06 bits per heavy atom. The standard InChI is InChI=1S/C14H21ClN2/c1-3-16-13-6-8-17(9-7-13)14-5-4-12(15)10-11(14)2/h4-5,10,13,16H,3,6-9H2,1-2H3. The zero-order valence-electron chi connectivity index (χ0n) is 10.7. The van der Waals surface area contributed by atoms with Crippen molar-refractivity contribution in [3.8, 4) is 0 Å². The molecule has 1 aromatic carbocycles. The van der Waals surface area contributed by atoms with E-state index in [1.54, 1.807) is 0 Å². The van der Waals surface area contributed by atoms with E-state index in [1.165, 1.54) is 24.1 Å². The second-order valence-electron chi connectivity index (χ2n) is 4.75. The fourth-order valence-corrected chi connectivity index (χ4v) is 2.81. The summed E-state index contributed by atoms with van der Waals surface area (Å²) in [5, 5.41) is 4.36. The van der Waals surface area contributed by atoms with Crippen LogP contribution in [0.25, 0.3) is 0 Å². The fourth-order valence-electron chi connectivity index (χ4n) is 2.59. The summed E-state index contributed by atoms with van der Waals surface area (Å²) in [4.78, 5) is 2.47. The molecule has 2 rings (SSSR count). The highest BCUT2D eigenvalue weighted by Crippen LogP contribution is 2.26. The molecule has 0 aliphatic carbocycles. The van der Waals surface area contributed by atoms with Crippen LogP contribution in [0.15, 0.2) is 18.2 Å². The number of anilines is 1. The molecule has 0 saturated carbocycles. The van der Waals surface area contributed by atoms with E-state index >= 15 is 0 Å². The number of hydrogen-bond donors (Lipinski definition) is 1. The Labute approximate surface area is 109 Å². The van der Waals surface area contributed by atoms with Gasteiger partial charge in [0.25, 0.3) is 0 Å². The highest BCUT2D eigenvalue weighted by Gasteiger charge is 2.19. The molecule has 1 fully saturated rings. The van der Waals surface area contributed by atoms with Crippen molar-refractivity contribution in [3.63, 3.8) is 0 Å². The normalized spacial score (nSPS) is 17.5. The maximum Gasteiger partial charge on any atom is 0.0410 e. The van der Waals surface area contributed by atoms with Gasteiger partial charge in [-0.05, 0) is 50.1 Å². The molecule has 0 spiro atoms. The van der Waals surface area contributed by atoms with Crippen LogP contribution in [0, 0.1) is 6.92 Å². The van der Waals surface area contributed by atoms with Gasteiger partial charge in [-0.1, -0.05) is 18.5 Å². The Kier molecular flexibility index (Phi) is 4.30. The molecule has 0 aromatic heterocycles. The molecule has 1 aromatic rings. The summed E-state index contributed by atoms with van der Waals surface area (Å²) in [6, 6.07) is 6.88. The fraction of sp³-hybridized carbons (Fsp3) is 0.571. The molecule has 1 N–H and O–H groups in total. The SMILES string of the molecule is CCNC1CCN(c2ccc(Cl)cc2C)CC1. The first-order valence-electron chi connectivity index (χ1n) is 6.45. The number of halogens is 1. The molecule has 1 heterocycles. The van der Waals surface area contributed by atoms with Crippen LogP contribution in [0.3, 0.4) is 0 Å². The largest absolute Gasteiger partial charge is 0.371 e. The summed E-state index contributed by atoms with van der Waals surface area (Å²) < 4.78 is 0. The van der Waals surface area contributed by atoms with E-state index in [1.807, 2.05) is 12.1 Å². The minimum Gasteiger partial charge on any atom is -0.371 e. The lowest BCUT2D eigenvalue weighted by Gasteiger charge is -2.34. The maximum atomic E-state index is 5.99. The van der Waals surface area contributed by atoms with Gasteiger partial charge >= 0.3 is 0 Å². The summed E-state index contributed by atoms with van der Waals surface area (Å²) in [5.41, 5.74) is 2.61. The molecule has 2 nitrogen and oxygen atoms in total. The van der Waals surface area contributed by atoms with Gasteiger partial charge in [0.2, 0.25) is 0 Å². The zero-order valence-corrected chi connectivity index (χ0v) is 11.4. The van der Waals surface area contributed by atoms with Crippen molar-refractivity contribution >= 4 is 17.3 Å². The second kappa shape index (κ2) is 5.74. The van der Waals surface area contributed by atoms with E-state index in [-0.39, 0.29) is 0 Å². The Morgan fingerprint density at radius 1 is 1.35 bits per heavy atom. The number of nitrogens with one attached hydrogen (secondary N) is 1. The third-order valence-corrected chi connectivity index (χ3v) is 3.72. The van der Waals surface area contributed by atoms with Gasteiger partial charge in [-0.15, -0.1) is 0 Å². The molecule has 0 unspecified atom stereocenters. The van der Waals surface area contributed by atoms with Crippen molar-refractivity contribution in [2.24, 2.45) is 0 Å². The van der Waals surface area contributed by atoms with E-state index in [4.69, 9.17) is 11.6 Å². The first kappa shape index (κ1) is 12.7. The van der Waals surface area contributed by atoms with Gasteiger partial charge in [-0.2, -0.15) is 0 Å². The molecule has 3 heteroatoms. The lowest BCUT2D eigenvalue weighted by molar-refractivity contribution is 0.423. The minimum atomic E-state index is 0.698. The molecule has 0 amide bonds. The lowest BCUT2D eigenvalue weighted by atomic mass is 10.0. The summed E-state index contributed by atoms with van der Waals surface area (Å²) in [6.07, 6.45) is 2.46. The average Bonchev–Trinajstić information content (AvgIpc) is 2.31. The van der Waals surface area contributed by atoms with Gasteiger partial charge in [0.05, 0.1) is 0 Å². The molecule has 0 atom stereocenters. The smallest absolute Gasteiger partial charge is 0.0410 e. The first-order valence-corrected chi connectivity index (χ1v) is 6.83. The van der Waals surface area contributed by atoms with Crippen molar-refractivity contribution in [2.45, 2.75) is 32.7 Å². The third-order valence-electron chi connectivity index (χ3n) is 3.49. The van der Waals surface area contributed by atoms with Gasteiger partial charge in [0.1, 0.15) is 0 Å². The highest BCUT2D eigenvalue weighted by atomic mass is 35.5. The van der Waals surface area contributed by atoms with E-state index in [0.29, 0.717) is 6.04 Å². The molecule has 17 heavy (non-hydrogen) atoms.